The van der Waals surface area contributed by atoms with Crippen LogP contribution >= 0.6 is 0 Å². The van der Waals surface area contributed by atoms with Crippen LogP contribution in [-0.2, 0) is 0 Å². The van der Waals surface area contributed by atoms with Gasteiger partial charge in [-0.15, -0.1) is 0 Å². The van der Waals surface area contributed by atoms with Gasteiger partial charge in [0.2, 0.25) is 0 Å². The van der Waals surface area contributed by atoms with Gasteiger partial charge in [-0.25, -0.2) is 0 Å². The van der Waals surface area contributed by atoms with Crippen molar-refractivity contribution in [3.8, 4) is 11.5 Å². The minimum atomic E-state index is -0.426. The summed E-state index contributed by atoms with van der Waals surface area (Å²) in [6.45, 7) is -0.281. The second-order valence-corrected chi connectivity index (χ2v) is 3.74. The summed E-state index contributed by atoms with van der Waals surface area (Å²) in [4.78, 5) is 24.9. The van der Waals surface area contributed by atoms with Crippen molar-refractivity contribution in [1.29, 1.82) is 0 Å². The van der Waals surface area contributed by atoms with E-state index in [1.165, 1.54) is 26.4 Å². The predicted molar refractivity (Wildman–Crippen MR) is 62.0 cm³/mol. The van der Waals surface area contributed by atoms with Gasteiger partial charge in [-0.05, 0) is 12.1 Å². The first-order valence-corrected chi connectivity index (χ1v) is 5.37. The van der Waals surface area contributed by atoms with Crippen molar-refractivity contribution in [3.63, 3.8) is 0 Å². The fourth-order valence-electron chi connectivity index (χ4n) is 1.92. The van der Waals surface area contributed by atoms with Crippen LogP contribution in [0.15, 0.2) is 12.1 Å². The molecule has 0 radical (unpaired) electrons. The van der Waals surface area contributed by atoms with Crippen molar-refractivity contribution in [3.05, 3.63) is 23.3 Å². The first kappa shape index (κ1) is 12.4. The van der Waals surface area contributed by atoms with E-state index in [9.17, 15) is 9.59 Å². The Labute approximate surface area is 104 Å². The third kappa shape index (κ3) is 1.70. The van der Waals surface area contributed by atoms with Crippen molar-refractivity contribution >= 4 is 11.8 Å². The molecule has 0 aromatic heterocycles. The summed E-state index contributed by atoms with van der Waals surface area (Å²) in [6, 6.07) is 2.96. The SMILES string of the molecule is COc1cc2c(cc1OC)C(=O)N(CCO)C2=O. The minimum Gasteiger partial charge on any atom is -0.493 e. The van der Waals surface area contributed by atoms with Gasteiger partial charge in [0.05, 0.1) is 38.5 Å². The van der Waals surface area contributed by atoms with E-state index in [-0.39, 0.29) is 24.3 Å². The van der Waals surface area contributed by atoms with Crippen molar-refractivity contribution < 1.29 is 24.2 Å². The molecule has 1 aromatic rings. The van der Waals surface area contributed by atoms with Crippen LogP contribution in [0.5, 0.6) is 11.5 Å². The van der Waals surface area contributed by atoms with Crippen LogP contribution in [0.4, 0.5) is 0 Å². The molecule has 0 bridgehead atoms. The Bertz CT molecular complexity index is 468. The summed E-state index contributed by atoms with van der Waals surface area (Å²) in [5.74, 6) is -0.0681. The van der Waals surface area contributed by atoms with Crippen LogP contribution in [0.2, 0.25) is 0 Å². The molecular weight excluding hydrogens is 238 g/mol. The van der Waals surface area contributed by atoms with E-state index in [2.05, 4.69) is 0 Å². The van der Waals surface area contributed by atoms with Gasteiger partial charge in [0, 0.05) is 0 Å². The Morgan fingerprint density at radius 1 is 1.06 bits per heavy atom. The highest BCUT2D eigenvalue weighted by Crippen LogP contribution is 2.34. The first-order valence-electron chi connectivity index (χ1n) is 5.37. The van der Waals surface area contributed by atoms with E-state index in [0.29, 0.717) is 11.5 Å². The average Bonchev–Trinajstić information content (AvgIpc) is 2.62. The number of rotatable bonds is 4. The number of aliphatic hydroxyl groups is 1. The summed E-state index contributed by atoms with van der Waals surface area (Å²) in [7, 11) is 2.91. The number of hydrogen-bond donors (Lipinski definition) is 1. The number of amides is 2. The van der Waals surface area contributed by atoms with Crippen LogP contribution < -0.4 is 9.47 Å². The third-order valence-electron chi connectivity index (χ3n) is 2.80. The standard InChI is InChI=1S/C12H13NO5/c1-17-9-5-7-8(6-10(9)18-2)12(16)13(3-4-14)11(7)15/h5-6,14H,3-4H2,1-2H3. The lowest BCUT2D eigenvalue weighted by atomic mass is 10.1. The molecule has 18 heavy (non-hydrogen) atoms. The number of methoxy groups -OCH3 is 2. The molecule has 6 nitrogen and oxygen atoms in total. The number of fused-ring (bicyclic) bond motifs is 1. The topological polar surface area (TPSA) is 76.1 Å². The Morgan fingerprint density at radius 3 is 1.83 bits per heavy atom. The molecule has 0 atom stereocenters. The van der Waals surface area contributed by atoms with Crippen molar-refractivity contribution in [2.45, 2.75) is 0 Å². The number of β-amino-alcohol motifs (C(OH)–C–C–N with tert-alkyl or cyclic N) is 1. The van der Waals surface area contributed by atoms with Gasteiger partial charge in [0.25, 0.3) is 11.8 Å². The van der Waals surface area contributed by atoms with E-state index in [4.69, 9.17) is 14.6 Å². The lowest BCUT2D eigenvalue weighted by Crippen LogP contribution is -2.32. The van der Waals surface area contributed by atoms with Crippen LogP contribution in [0.1, 0.15) is 20.7 Å². The molecule has 1 aromatic carbocycles. The van der Waals surface area contributed by atoms with Crippen LogP contribution in [-0.4, -0.2) is 49.2 Å². The highest BCUT2D eigenvalue weighted by atomic mass is 16.5. The van der Waals surface area contributed by atoms with Crippen molar-refractivity contribution in [2.24, 2.45) is 0 Å². The number of ether oxygens (including phenoxy) is 2. The number of aliphatic hydroxyl groups excluding tert-OH is 1. The van der Waals surface area contributed by atoms with E-state index >= 15 is 0 Å². The largest absolute Gasteiger partial charge is 0.493 e. The normalized spacial score (nSPS) is 13.8. The zero-order valence-electron chi connectivity index (χ0n) is 10.1. The van der Waals surface area contributed by atoms with Crippen LogP contribution in [0, 0.1) is 0 Å². The molecular formula is C12H13NO5. The third-order valence-corrected chi connectivity index (χ3v) is 2.80. The molecule has 1 heterocycles. The molecule has 0 saturated carbocycles. The highest BCUT2D eigenvalue weighted by molar-refractivity contribution is 6.21. The lowest BCUT2D eigenvalue weighted by molar-refractivity contribution is 0.0624. The number of benzene rings is 1. The molecule has 6 heteroatoms. The fraction of sp³-hybridized carbons (Fsp3) is 0.333. The smallest absolute Gasteiger partial charge is 0.261 e. The van der Waals surface area contributed by atoms with Gasteiger partial charge in [-0.3, -0.25) is 14.5 Å². The van der Waals surface area contributed by atoms with E-state index in [1.54, 1.807) is 0 Å². The quantitative estimate of drug-likeness (QED) is 0.778. The molecule has 1 N–H and O–H groups in total. The second-order valence-electron chi connectivity index (χ2n) is 3.74. The molecule has 2 amide bonds. The van der Waals surface area contributed by atoms with Crippen LogP contribution in [0.25, 0.3) is 0 Å². The zero-order chi connectivity index (χ0) is 13.3. The number of hydrogen-bond acceptors (Lipinski definition) is 5. The van der Waals surface area contributed by atoms with Gasteiger partial charge in [-0.1, -0.05) is 0 Å². The molecule has 96 valence electrons. The molecule has 2 rings (SSSR count). The maximum absolute atomic E-state index is 12.0. The van der Waals surface area contributed by atoms with Gasteiger partial charge < -0.3 is 14.6 Å². The van der Waals surface area contributed by atoms with Crippen molar-refractivity contribution in [1.82, 2.24) is 4.90 Å². The fourth-order valence-corrected chi connectivity index (χ4v) is 1.92. The molecule has 0 fully saturated rings. The number of nitrogens with zero attached hydrogens (tertiary/aromatic N) is 1. The van der Waals surface area contributed by atoms with Gasteiger partial charge in [0.1, 0.15) is 0 Å². The van der Waals surface area contributed by atoms with E-state index in [1.807, 2.05) is 0 Å². The number of imide groups is 1. The van der Waals surface area contributed by atoms with Crippen molar-refractivity contribution in [2.75, 3.05) is 27.4 Å². The summed E-state index contributed by atoms with van der Waals surface area (Å²) >= 11 is 0. The maximum atomic E-state index is 12.0. The second kappa shape index (κ2) is 4.66. The Hall–Kier alpha value is -2.08. The molecule has 0 spiro atoms. The molecule has 0 unspecified atom stereocenters. The Kier molecular flexibility index (Phi) is 3.20. The van der Waals surface area contributed by atoms with Gasteiger partial charge in [-0.2, -0.15) is 0 Å². The highest BCUT2D eigenvalue weighted by Gasteiger charge is 2.36. The predicted octanol–water partition coefficient (Wildman–Crippen LogP) is 0.292. The Balaban J connectivity index is 2.51. The maximum Gasteiger partial charge on any atom is 0.261 e. The Morgan fingerprint density at radius 2 is 1.50 bits per heavy atom. The number of carbonyl (C=O) groups excluding carboxylic acids is 2. The molecule has 1 aliphatic heterocycles. The summed E-state index contributed by atoms with van der Waals surface area (Å²) in [6.07, 6.45) is 0. The molecule has 1 aliphatic rings. The van der Waals surface area contributed by atoms with Gasteiger partial charge in [0.15, 0.2) is 11.5 Å². The summed E-state index contributed by atoms with van der Waals surface area (Å²) in [5, 5.41) is 8.85. The monoisotopic (exact) mass is 251 g/mol. The first-order chi connectivity index (χ1) is 8.63. The molecule has 0 aliphatic carbocycles. The average molecular weight is 251 g/mol. The molecule has 0 saturated heterocycles. The number of carbonyl (C=O) groups is 2. The van der Waals surface area contributed by atoms with Gasteiger partial charge >= 0.3 is 0 Å². The summed E-state index contributed by atoms with van der Waals surface area (Å²) in [5.41, 5.74) is 0.539. The zero-order valence-corrected chi connectivity index (χ0v) is 10.1. The van der Waals surface area contributed by atoms with E-state index in [0.717, 1.165) is 4.90 Å². The summed E-state index contributed by atoms with van der Waals surface area (Å²) < 4.78 is 10.2. The minimum absolute atomic E-state index is 0.0169. The van der Waals surface area contributed by atoms with Crippen LogP contribution in [0.3, 0.4) is 0 Å². The van der Waals surface area contributed by atoms with E-state index < -0.39 is 11.8 Å². The lowest BCUT2D eigenvalue weighted by Gasteiger charge is -2.10.